The number of nitrogens with one attached hydrogen (secondary N) is 3. The van der Waals surface area contributed by atoms with Crippen LogP contribution in [0.2, 0.25) is 0 Å². The average Bonchev–Trinajstić information content (AvgIpc) is 3.32. The number of nitrogens with zero attached hydrogens (tertiary/aromatic N) is 4. The predicted octanol–water partition coefficient (Wildman–Crippen LogP) is 4.33. The molecule has 35 heavy (non-hydrogen) atoms. The van der Waals surface area contributed by atoms with E-state index in [1.54, 1.807) is 36.9 Å². The van der Waals surface area contributed by atoms with Gasteiger partial charge in [-0.25, -0.2) is 14.4 Å². The van der Waals surface area contributed by atoms with E-state index in [9.17, 15) is 4.39 Å². The first-order valence-electron chi connectivity index (χ1n) is 11.1. The third kappa shape index (κ3) is 4.49. The van der Waals surface area contributed by atoms with Crippen LogP contribution < -0.4 is 11.1 Å². The summed E-state index contributed by atoms with van der Waals surface area (Å²) in [6.07, 6.45) is 8.51. The number of aromatic amines is 1. The Hall–Kier alpha value is -4.50. The standard InChI is InChI=1S/C26H23FN8/c1-2-30-9-15-6-17(11-31-10-15)18-8-20(25(29)33-12-18)23(28)26-34-22-14-32-13-21(24(22)35-26)16-4-3-5-19(27)7-16/h3-8,10-14,28,30H,2,9H2,1H3,(H2,29,33)(H,34,35). The Balaban J connectivity index is 1.52. The second-order valence-electron chi connectivity index (χ2n) is 8.07. The van der Waals surface area contributed by atoms with Crippen molar-refractivity contribution in [3.8, 4) is 22.3 Å². The van der Waals surface area contributed by atoms with E-state index in [0.29, 0.717) is 40.1 Å². The van der Waals surface area contributed by atoms with Crippen LogP contribution in [0.5, 0.6) is 0 Å². The Morgan fingerprint density at radius 2 is 1.86 bits per heavy atom. The number of hydrogen-bond donors (Lipinski definition) is 4. The van der Waals surface area contributed by atoms with E-state index < -0.39 is 0 Å². The highest BCUT2D eigenvalue weighted by atomic mass is 19.1. The number of aromatic nitrogens is 5. The van der Waals surface area contributed by atoms with Crippen molar-refractivity contribution in [2.45, 2.75) is 13.5 Å². The van der Waals surface area contributed by atoms with Gasteiger partial charge in [-0.3, -0.25) is 15.4 Å². The molecule has 0 amide bonds. The van der Waals surface area contributed by atoms with Crippen LogP contribution in [0.4, 0.5) is 10.2 Å². The minimum Gasteiger partial charge on any atom is -0.383 e. The Morgan fingerprint density at radius 1 is 1.03 bits per heavy atom. The molecule has 174 valence electrons. The number of pyridine rings is 3. The van der Waals surface area contributed by atoms with Gasteiger partial charge < -0.3 is 16.0 Å². The smallest absolute Gasteiger partial charge is 0.157 e. The Bertz CT molecular complexity index is 1540. The van der Waals surface area contributed by atoms with Gasteiger partial charge in [0.05, 0.1) is 17.2 Å². The fraction of sp³-hybridized carbons (Fsp3) is 0.115. The molecule has 0 aliphatic heterocycles. The van der Waals surface area contributed by atoms with Gasteiger partial charge in [-0.15, -0.1) is 0 Å². The molecule has 9 heteroatoms. The molecule has 0 atom stereocenters. The van der Waals surface area contributed by atoms with Crippen LogP contribution in [-0.4, -0.2) is 37.2 Å². The predicted molar refractivity (Wildman–Crippen MR) is 134 cm³/mol. The van der Waals surface area contributed by atoms with Gasteiger partial charge in [0, 0.05) is 53.6 Å². The lowest BCUT2D eigenvalue weighted by molar-refractivity contribution is 0.628. The first-order valence-corrected chi connectivity index (χ1v) is 11.1. The maximum Gasteiger partial charge on any atom is 0.157 e. The van der Waals surface area contributed by atoms with Crippen LogP contribution in [-0.2, 0) is 6.54 Å². The maximum atomic E-state index is 13.8. The van der Waals surface area contributed by atoms with E-state index in [0.717, 1.165) is 23.2 Å². The SMILES string of the molecule is CCNCc1cncc(-c2cnc(N)c(C(=N)c3nc4c(-c5cccc(F)c5)cncc4[nH]3)c2)c1. The van der Waals surface area contributed by atoms with Crippen molar-refractivity contribution < 1.29 is 4.39 Å². The summed E-state index contributed by atoms with van der Waals surface area (Å²) in [4.78, 5) is 20.7. The Kier molecular flexibility index (Phi) is 5.99. The molecule has 1 aromatic carbocycles. The summed E-state index contributed by atoms with van der Waals surface area (Å²) in [5.41, 5.74) is 12.0. The zero-order valence-electron chi connectivity index (χ0n) is 19.0. The maximum absolute atomic E-state index is 13.8. The van der Waals surface area contributed by atoms with Crippen LogP contribution >= 0.6 is 0 Å². The second-order valence-corrected chi connectivity index (χ2v) is 8.07. The second kappa shape index (κ2) is 9.40. The minimum atomic E-state index is -0.345. The van der Waals surface area contributed by atoms with E-state index >= 15 is 0 Å². The normalized spacial score (nSPS) is 11.1. The summed E-state index contributed by atoms with van der Waals surface area (Å²) in [5, 5.41) is 12.1. The molecule has 0 fully saturated rings. The molecule has 8 nitrogen and oxygen atoms in total. The summed E-state index contributed by atoms with van der Waals surface area (Å²) in [6.45, 7) is 3.63. The lowest BCUT2D eigenvalue weighted by atomic mass is 10.0. The molecular formula is C26H23FN8. The highest BCUT2D eigenvalue weighted by molar-refractivity contribution is 6.13. The number of H-pyrrole nitrogens is 1. The monoisotopic (exact) mass is 466 g/mol. The van der Waals surface area contributed by atoms with E-state index in [1.165, 1.54) is 12.1 Å². The van der Waals surface area contributed by atoms with E-state index in [4.69, 9.17) is 11.1 Å². The summed E-state index contributed by atoms with van der Waals surface area (Å²) >= 11 is 0. The van der Waals surface area contributed by atoms with Gasteiger partial charge >= 0.3 is 0 Å². The molecule has 0 unspecified atom stereocenters. The minimum absolute atomic E-state index is 0.0926. The van der Waals surface area contributed by atoms with E-state index in [-0.39, 0.29) is 17.3 Å². The zero-order chi connectivity index (χ0) is 24.4. The molecule has 4 aromatic heterocycles. The average molecular weight is 467 g/mol. The van der Waals surface area contributed by atoms with Gasteiger partial charge in [0.2, 0.25) is 0 Å². The van der Waals surface area contributed by atoms with Crippen molar-refractivity contribution >= 4 is 22.6 Å². The van der Waals surface area contributed by atoms with Crippen molar-refractivity contribution in [3.63, 3.8) is 0 Å². The van der Waals surface area contributed by atoms with Gasteiger partial charge in [-0.05, 0) is 41.9 Å². The highest BCUT2D eigenvalue weighted by Crippen LogP contribution is 2.28. The number of anilines is 1. The van der Waals surface area contributed by atoms with Crippen molar-refractivity contribution in [1.29, 1.82) is 5.41 Å². The number of nitrogens with two attached hydrogens (primary N) is 1. The highest BCUT2D eigenvalue weighted by Gasteiger charge is 2.17. The molecular weight excluding hydrogens is 443 g/mol. The zero-order valence-corrected chi connectivity index (χ0v) is 19.0. The number of nitrogen functional groups attached to an aromatic ring is 1. The van der Waals surface area contributed by atoms with Gasteiger partial charge in [0.1, 0.15) is 17.3 Å². The lowest BCUT2D eigenvalue weighted by Crippen LogP contribution is -2.12. The molecule has 0 aliphatic carbocycles. The van der Waals surface area contributed by atoms with Crippen molar-refractivity contribution in [3.05, 3.63) is 90.2 Å². The first kappa shape index (κ1) is 22.3. The van der Waals surface area contributed by atoms with Gasteiger partial charge in [0.25, 0.3) is 0 Å². The summed E-state index contributed by atoms with van der Waals surface area (Å²) in [6, 6.07) is 10.1. The quantitative estimate of drug-likeness (QED) is 0.264. The molecule has 4 heterocycles. The molecule has 0 bridgehead atoms. The van der Waals surface area contributed by atoms with Crippen LogP contribution in [0.3, 0.4) is 0 Å². The fourth-order valence-electron chi connectivity index (χ4n) is 3.89. The lowest BCUT2D eigenvalue weighted by Gasteiger charge is -2.09. The molecule has 0 aliphatic rings. The third-order valence-corrected chi connectivity index (χ3v) is 5.66. The van der Waals surface area contributed by atoms with Crippen molar-refractivity contribution in [1.82, 2.24) is 30.2 Å². The molecule has 0 spiro atoms. The molecule has 0 saturated heterocycles. The van der Waals surface area contributed by atoms with Crippen LogP contribution in [0.1, 0.15) is 23.9 Å². The van der Waals surface area contributed by atoms with Crippen LogP contribution in [0.25, 0.3) is 33.3 Å². The van der Waals surface area contributed by atoms with Crippen molar-refractivity contribution in [2.24, 2.45) is 0 Å². The molecule has 5 aromatic rings. The first-order chi connectivity index (χ1) is 17.0. The fourth-order valence-corrected chi connectivity index (χ4v) is 3.89. The van der Waals surface area contributed by atoms with E-state index in [2.05, 4.69) is 30.2 Å². The van der Waals surface area contributed by atoms with Crippen LogP contribution in [0, 0.1) is 11.2 Å². The molecule has 0 radical (unpaired) electrons. The largest absolute Gasteiger partial charge is 0.383 e. The Morgan fingerprint density at radius 3 is 2.69 bits per heavy atom. The van der Waals surface area contributed by atoms with Crippen LogP contribution in [0.15, 0.2) is 67.4 Å². The van der Waals surface area contributed by atoms with Crippen molar-refractivity contribution in [2.75, 3.05) is 12.3 Å². The number of benzene rings is 1. The molecule has 0 saturated carbocycles. The summed E-state index contributed by atoms with van der Waals surface area (Å²) < 4.78 is 13.8. The number of imidazole rings is 1. The van der Waals surface area contributed by atoms with Gasteiger partial charge in [0.15, 0.2) is 5.82 Å². The third-order valence-electron chi connectivity index (χ3n) is 5.66. The number of fused-ring (bicyclic) bond motifs is 1. The summed E-state index contributed by atoms with van der Waals surface area (Å²) in [7, 11) is 0. The molecule has 5 N–H and O–H groups in total. The Labute approximate surface area is 201 Å². The van der Waals surface area contributed by atoms with Gasteiger partial charge in [-0.1, -0.05) is 19.1 Å². The number of hydrogen-bond acceptors (Lipinski definition) is 7. The summed E-state index contributed by atoms with van der Waals surface area (Å²) in [5.74, 6) is 0.192. The number of rotatable bonds is 7. The molecule has 5 rings (SSSR count). The van der Waals surface area contributed by atoms with E-state index in [1.807, 2.05) is 25.3 Å². The van der Waals surface area contributed by atoms with Gasteiger partial charge in [-0.2, -0.15) is 0 Å². The number of halogens is 1. The topological polar surface area (TPSA) is 129 Å².